The lowest BCUT2D eigenvalue weighted by Crippen LogP contribution is -2.42. The van der Waals surface area contributed by atoms with Crippen LogP contribution < -0.4 is 20.1 Å². The van der Waals surface area contributed by atoms with Gasteiger partial charge in [0.05, 0.1) is 38.0 Å². The van der Waals surface area contributed by atoms with Crippen molar-refractivity contribution in [1.29, 1.82) is 0 Å². The summed E-state index contributed by atoms with van der Waals surface area (Å²) in [6, 6.07) is 8.68. The maximum absolute atomic E-state index is 12.6. The molecule has 2 N–H and O–H groups in total. The molecule has 9 heteroatoms. The summed E-state index contributed by atoms with van der Waals surface area (Å²) in [5, 5.41) is 6.41. The standard InChI is InChI=1S/C21H23Cl2N3O4/c1-29-18-7-13-5-6-26(12-14(13)8-19(18)30-2)21(28)11-24-10-20(27)25-17-4-3-15(22)9-16(17)23/h3-4,7-9,24H,5-6,10-12H2,1-2H3,(H,25,27). The van der Waals surface area contributed by atoms with Crippen molar-refractivity contribution in [1.82, 2.24) is 10.2 Å². The number of hydrogen-bond acceptors (Lipinski definition) is 5. The minimum absolute atomic E-state index is 0.0137. The molecular weight excluding hydrogens is 429 g/mol. The number of rotatable bonds is 7. The molecule has 0 fully saturated rings. The van der Waals surface area contributed by atoms with Gasteiger partial charge in [-0.1, -0.05) is 23.2 Å². The number of benzene rings is 2. The van der Waals surface area contributed by atoms with Crippen LogP contribution in [0.15, 0.2) is 30.3 Å². The van der Waals surface area contributed by atoms with E-state index in [4.69, 9.17) is 32.7 Å². The third-order valence-electron chi connectivity index (χ3n) is 4.84. The molecule has 2 amide bonds. The second kappa shape index (κ2) is 10.0. The van der Waals surface area contributed by atoms with Gasteiger partial charge >= 0.3 is 0 Å². The number of amides is 2. The van der Waals surface area contributed by atoms with Gasteiger partial charge in [-0.15, -0.1) is 0 Å². The number of carbonyl (C=O) groups excluding carboxylic acids is 2. The summed E-state index contributed by atoms with van der Waals surface area (Å²) < 4.78 is 10.7. The lowest BCUT2D eigenvalue weighted by atomic mass is 9.98. The highest BCUT2D eigenvalue weighted by Gasteiger charge is 2.22. The first kappa shape index (κ1) is 22.2. The zero-order valence-electron chi connectivity index (χ0n) is 16.8. The number of hydrogen-bond donors (Lipinski definition) is 2. The molecule has 1 aliphatic rings. The number of methoxy groups -OCH3 is 2. The van der Waals surface area contributed by atoms with Gasteiger partial charge in [0.15, 0.2) is 11.5 Å². The van der Waals surface area contributed by atoms with Gasteiger partial charge in [-0.3, -0.25) is 14.9 Å². The Morgan fingerprint density at radius 3 is 2.40 bits per heavy atom. The molecule has 7 nitrogen and oxygen atoms in total. The fourth-order valence-corrected chi connectivity index (χ4v) is 3.73. The molecule has 0 spiro atoms. The minimum atomic E-state index is -0.298. The lowest BCUT2D eigenvalue weighted by molar-refractivity contribution is -0.131. The van der Waals surface area contributed by atoms with Crippen molar-refractivity contribution in [3.63, 3.8) is 0 Å². The van der Waals surface area contributed by atoms with Crippen LogP contribution in [-0.2, 0) is 22.6 Å². The van der Waals surface area contributed by atoms with Crippen LogP contribution in [0.5, 0.6) is 11.5 Å². The molecule has 0 radical (unpaired) electrons. The van der Waals surface area contributed by atoms with E-state index < -0.39 is 0 Å². The normalized spacial score (nSPS) is 12.9. The molecule has 1 heterocycles. The Hall–Kier alpha value is -2.48. The zero-order chi connectivity index (χ0) is 21.7. The van der Waals surface area contributed by atoms with E-state index in [0.717, 1.165) is 17.5 Å². The van der Waals surface area contributed by atoms with Crippen molar-refractivity contribution in [3.8, 4) is 11.5 Å². The first-order valence-corrected chi connectivity index (χ1v) is 10.1. The maximum atomic E-state index is 12.6. The topological polar surface area (TPSA) is 79.9 Å². The summed E-state index contributed by atoms with van der Waals surface area (Å²) in [6.07, 6.45) is 0.733. The van der Waals surface area contributed by atoms with Crippen LogP contribution in [0.2, 0.25) is 10.0 Å². The molecule has 2 aromatic rings. The molecule has 0 atom stereocenters. The number of anilines is 1. The van der Waals surface area contributed by atoms with E-state index in [0.29, 0.717) is 40.3 Å². The minimum Gasteiger partial charge on any atom is -0.493 e. The Morgan fingerprint density at radius 2 is 1.73 bits per heavy atom. The monoisotopic (exact) mass is 451 g/mol. The summed E-state index contributed by atoms with van der Waals surface area (Å²) in [5.41, 5.74) is 2.64. The smallest absolute Gasteiger partial charge is 0.238 e. The lowest BCUT2D eigenvalue weighted by Gasteiger charge is -2.29. The molecule has 2 aromatic carbocycles. The molecule has 160 valence electrons. The molecule has 0 unspecified atom stereocenters. The Labute approximate surface area is 185 Å². The SMILES string of the molecule is COc1cc2c(cc1OC)CN(C(=O)CNCC(=O)Nc1ccc(Cl)cc1Cl)CC2. The van der Waals surface area contributed by atoms with Crippen molar-refractivity contribution >= 4 is 40.7 Å². The van der Waals surface area contributed by atoms with Gasteiger partial charge in [0.2, 0.25) is 11.8 Å². The highest BCUT2D eigenvalue weighted by Crippen LogP contribution is 2.33. The Morgan fingerprint density at radius 1 is 1.03 bits per heavy atom. The first-order valence-electron chi connectivity index (χ1n) is 9.38. The molecule has 0 saturated heterocycles. The zero-order valence-corrected chi connectivity index (χ0v) is 18.3. The number of carbonyl (C=O) groups is 2. The number of fused-ring (bicyclic) bond motifs is 1. The van der Waals surface area contributed by atoms with Crippen LogP contribution in [0, 0.1) is 0 Å². The van der Waals surface area contributed by atoms with Crippen molar-refractivity contribution < 1.29 is 19.1 Å². The van der Waals surface area contributed by atoms with Crippen molar-refractivity contribution in [2.45, 2.75) is 13.0 Å². The van der Waals surface area contributed by atoms with Crippen molar-refractivity contribution in [2.24, 2.45) is 0 Å². The van der Waals surface area contributed by atoms with Crippen LogP contribution in [0.3, 0.4) is 0 Å². The third-order valence-corrected chi connectivity index (χ3v) is 5.39. The maximum Gasteiger partial charge on any atom is 0.238 e. The van der Waals surface area contributed by atoms with Gasteiger partial charge in [0.1, 0.15) is 0 Å². The van der Waals surface area contributed by atoms with E-state index in [9.17, 15) is 9.59 Å². The first-order chi connectivity index (χ1) is 14.4. The predicted octanol–water partition coefficient (Wildman–Crippen LogP) is 3.12. The molecular formula is C21H23Cl2N3O4. The number of halogens is 2. The molecule has 0 saturated carbocycles. The van der Waals surface area contributed by atoms with E-state index in [1.165, 1.54) is 0 Å². The fourth-order valence-electron chi connectivity index (χ4n) is 3.28. The number of ether oxygens (including phenoxy) is 2. The largest absolute Gasteiger partial charge is 0.493 e. The second-order valence-corrected chi connectivity index (χ2v) is 7.66. The highest BCUT2D eigenvalue weighted by molar-refractivity contribution is 6.36. The van der Waals surface area contributed by atoms with Gasteiger partial charge in [0.25, 0.3) is 0 Å². The molecule has 0 aliphatic carbocycles. The Bertz CT molecular complexity index is 952. The molecule has 0 aromatic heterocycles. The Kier molecular flexibility index (Phi) is 7.42. The van der Waals surface area contributed by atoms with Crippen LogP contribution in [0.4, 0.5) is 5.69 Å². The van der Waals surface area contributed by atoms with Crippen LogP contribution >= 0.6 is 23.2 Å². The van der Waals surface area contributed by atoms with Crippen LogP contribution in [-0.4, -0.2) is 50.6 Å². The summed E-state index contributed by atoms with van der Waals surface area (Å²) in [4.78, 5) is 26.4. The van der Waals surface area contributed by atoms with Gasteiger partial charge in [-0.05, 0) is 47.9 Å². The Balaban J connectivity index is 1.50. The highest BCUT2D eigenvalue weighted by atomic mass is 35.5. The number of nitrogens with one attached hydrogen (secondary N) is 2. The summed E-state index contributed by atoms with van der Waals surface area (Å²) in [7, 11) is 3.19. The third kappa shape index (κ3) is 5.36. The average molecular weight is 452 g/mol. The molecule has 30 heavy (non-hydrogen) atoms. The molecule has 0 bridgehead atoms. The van der Waals surface area contributed by atoms with Gasteiger partial charge in [-0.25, -0.2) is 0 Å². The van der Waals surface area contributed by atoms with Crippen LogP contribution in [0.1, 0.15) is 11.1 Å². The van der Waals surface area contributed by atoms with E-state index >= 15 is 0 Å². The van der Waals surface area contributed by atoms with E-state index in [2.05, 4.69) is 10.6 Å². The van der Waals surface area contributed by atoms with Gasteiger partial charge < -0.3 is 19.7 Å². The molecule has 3 rings (SSSR count). The summed E-state index contributed by atoms with van der Waals surface area (Å²) >= 11 is 11.9. The number of nitrogens with zero attached hydrogens (tertiary/aromatic N) is 1. The summed E-state index contributed by atoms with van der Waals surface area (Å²) in [5.74, 6) is 0.950. The van der Waals surface area contributed by atoms with Gasteiger partial charge in [-0.2, -0.15) is 0 Å². The van der Waals surface area contributed by atoms with Crippen molar-refractivity contribution in [2.75, 3.05) is 39.2 Å². The average Bonchev–Trinajstić information content (AvgIpc) is 2.74. The van der Waals surface area contributed by atoms with Crippen molar-refractivity contribution in [3.05, 3.63) is 51.5 Å². The van der Waals surface area contributed by atoms with E-state index in [1.54, 1.807) is 37.3 Å². The van der Waals surface area contributed by atoms with Crippen LogP contribution in [0.25, 0.3) is 0 Å². The van der Waals surface area contributed by atoms with E-state index in [-0.39, 0.29) is 24.9 Å². The fraction of sp³-hybridized carbons (Fsp3) is 0.333. The van der Waals surface area contributed by atoms with E-state index in [1.807, 2.05) is 12.1 Å². The quantitative estimate of drug-likeness (QED) is 0.675. The predicted molar refractivity (Wildman–Crippen MR) is 117 cm³/mol. The second-order valence-electron chi connectivity index (χ2n) is 6.82. The summed E-state index contributed by atoms with van der Waals surface area (Å²) in [6.45, 7) is 1.14. The van der Waals surface area contributed by atoms with Gasteiger partial charge in [0, 0.05) is 18.1 Å². The molecule has 1 aliphatic heterocycles.